The summed E-state index contributed by atoms with van der Waals surface area (Å²) in [6.45, 7) is 3.78. The summed E-state index contributed by atoms with van der Waals surface area (Å²) in [6, 6.07) is 0. The Labute approximate surface area is 110 Å². The van der Waals surface area contributed by atoms with Crippen molar-refractivity contribution in [3.05, 3.63) is 35.1 Å². The molecule has 0 spiro atoms. The van der Waals surface area contributed by atoms with E-state index < -0.39 is 0 Å². The fourth-order valence-electron chi connectivity index (χ4n) is 1.65. The molecule has 0 bridgehead atoms. The number of nitrogens with zero attached hydrogens (tertiary/aromatic N) is 4. The van der Waals surface area contributed by atoms with Crippen LogP contribution in [0.3, 0.4) is 0 Å². The van der Waals surface area contributed by atoms with Crippen LogP contribution in [-0.2, 0) is 17.8 Å². The van der Waals surface area contributed by atoms with Crippen LogP contribution in [0.25, 0.3) is 0 Å². The molecule has 0 radical (unpaired) electrons. The number of aryl methyl sites for hydroxylation is 1. The first-order valence-electron chi connectivity index (χ1n) is 6.08. The quantitative estimate of drug-likeness (QED) is 0.836. The highest BCUT2D eigenvalue weighted by Crippen LogP contribution is 2.09. The van der Waals surface area contributed by atoms with Gasteiger partial charge in [0.1, 0.15) is 0 Å². The molecule has 2 aromatic rings. The van der Waals surface area contributed by atoms with Crippen molar-refractivity contribution in [2.45, 2.75) is 20.0 Å². The maximum absolute atomic E-state index is 12.0. The third-order valence-corrected chi connectivity index (χ3v) is 2.67. The van der Waals surface area contributed by atoms with Crippen molar-refractivity contribution in [3.8, 4) is 0 Å². The molecule has 0 saturated heterocycles. The fraction of sp³-hybridized carbons (Fsp3) is 0.417. The summed E-state index contributed by atoms with van der Waals surface area (Å²) < 4.78 is 8.31. The van der Waals surface area contributed by atoms with Gasteiger partial charge in [0.2, 0.25) is 0 Å². The summed E-state index contributed by atoms with van der Waals surface area (Å²) >= 11 is 0. The molecule has 2 aromatic heterocycles. The summed E-state index contributed by atoms with van der Waals surface area (Å²) in [5.74, 6) is 0.302. The molecule has 0 unspecified atom stereocenters. The van der Waals surface area contributed by atoms with E-state index in [2.05, 4.69) is 15.4 Å². The lowest BCUT2D eigenvalue weighted by Gasteiger charge is -2.05. The number of rotatable bonds is 6. The molecule has 0 atom stereocenters. The molecule has 0 aliphatic rings. The molecule has 2 heterocycles. The average molecular weight is 263 g/mol. The van der Waals surface area contributed by atoms with Gasteiger partial charge in [0.05, 0.1) is 25.0 Å². The number of aromatic nitrogens is 4. The van der Waals surface area contributed by atoms with E-state index in [-0.39, 0.29) is 5.56 Å². The van der Waals surface area contributed by atoms with Gasteiger partial charge in [-0.1, -0.05) is 0 Å². The van der Waals surface area contributed by atoms with Crippen LogP contribution in [0.4, 0.5) is 11.5 Å². The van der Waals surface area contributed by atoms with Crippen LogP contribution in [0.15, 0.2) is 29.6 Å². The number of methoxy groups -OCH3 is 1. The van der Waals surface area contributed by atoms with Gasteiger partial charge in [0, 0.05) is 32.2 Å². The highest BCUT2D eigenvalue weighted by Gasteiger charge is 2.05. The minimum atomic E-state index is -0.144. The van der Waals surface area contributed by atoms with E-state index in [9.17, 15) is 4.79 Å². The van der Waals surface area contributed by atoms with E-state index in [1.54, 1.807) is 34.9 Å². The predicted molar refractivity (Wildman–Crippen MR) is 71.6 cm³/mol. The van der Waals surface area contributed by atoms with E-state index >= 15 is 0 Å². The Hall–Kier alpha value is -2.15. The summed E-state index contributed by atoms with van der Waals surface area (Å²) in [5.41, 5.74) is 0.587. The van der Waals surface area contributed by atoms with E-state index in [0.717, 1.165) is 5.69 Å². The fourth-order valence-corrected chi connectivity index (χ4v) is 1.65. The molecular formula is C12H17N5O2. The Bertz CT molecular complexity index is 590. The number of hydrogen-bond acceptors (Lipinski definition) is 5. The molecule has 102 valence electrons. The van der Waals surface area contributed by atoms with Crippen LogP contribution in [0.2, 0.25) is 0 Å². The molecule has 0 aromatic carbocycles. The number of ether oxygens (including phenoxy) is 1. The van der Waals surface area contributed by atoms with Crippen molar-refractivity contribution in [2.75, 3.05) is 19.0 Å². The monoisotopic (exact) mass is 263 g/mol. The standard InChI is InChI=1S/C12H17N5O2/c1-3-16-5-4-13-11(12(16)18)15-10-8-14-17(9-10)6-7-19-2/h4-5,8-9H,3,6-7H2,1-2H3,(H,13,15). The van der Waals surface area contributed by atoms with Gasteiger partial charge >= 0.3 is 0 Å². The normalized spacial score (nSPS) is 10.6. The Morgan fingerprint density at radius 1 is 1.47 bits per heavy atom. The molecule has 0 aliphatic carbocycles. The van der Waals surface area contributed by atoms with Gasteiger partial charge < -0.3 is 14.6 Å². The first-order chi connectivity index (χ1) is 9.24. The molecular weight excluding hydrogens is 246 g/mol. The van der Waals surface area contributed by atoms with Crippen LogP contribution in [-0.4, -0.2) is 33.0 Å². The van der Waals surface area contributed by atoms with Crippen molar-refractivity contribution in [3.63, 3.8) is 0 Å². The van der Waals surface area contributed by atoms with Gasteiger partial charge in [0.15, 0.2) is 5.82 Å². The summed E-state index contributed by atoms with van der Waals surface area (Å²) in [4.78, 5) is 16.0. The predicted octanol–water partition coefficient (Wildman–Crippen LogP) is 0.850. The van der Waals surface area contributed by atoms with E-state index in [1.807, 2.05) is 13.1 Å². The van der Waals surface area contributed by atoms with E-state index in [0.29, 0.717) is 25.5 Å². The lowest BCUT2D eigenvalue weighted by atomic mass is 10.5. The van der Waals surface area contributed by atoms with Crippen LogP contribution >= 0.6 is 0 Å². The Kier molecular flexibility index (Phi) is 4.30. The highest BCUT2D eigenvalue weighted by molar-refractivity contribution is 5.52. The zero-order valence-electron chi connectivity index (χ0n) is 11.0. The van der Waals surface area contributed by atoms with Crippen molar-refractivity contribution in [1.82, 2.24) is 19.3 Å². The van der Waals surface area contributed by atoms with Crippen LogP contribution in [0, 0.1) is 0 Å². The number of nitrogens with one attached hydrogen (secondary N) is 1. The average Bonchev–Trinajstić information content (AvgIpc) is 2.86. The van der Waals surface area contributed by atoms with Crippen LogP contribution in [0.5, 0.6) is 0 Å². The molecule has 0 saturated carbocycles. The van der Waals surface area contributed by atoms with E-state index in [4.69, 9.17) is 4.74 Å². The molecule has 0 amide bonds. The van der Waals surface area contributed by atoms with Crippen LogP contribution in [0.1, 0.15) is 6.92 Å². The molecule has 0 fully saturated rings. The first kappa shape index (κ1) is 13.3. The third-order valence-electron chi connectivity index (χ3n) is 2.67. The first-order valence-corrected chi connectivity index (χ1v) is 6.08. The van der Waals surface area contributed by atoms with Crippen LogP contribution < -0.4 is 10.9 Å². The molecule has 19 heavy (non-hydrogen) atoms. The lowest BCUT2D eigenvalue weighted by molar-refractivity contribution is 0.183. The van der Waals surface area contributed by atoms with Gasteiger partial charge in [-0.3, -0.25) is 9.48 Å². The molecule has 2 rings (SSSR count). The highest BCUT2D eigenvalue weighted by atomic mass is 16.5. The molecule has 7 heteroatoms. The van der Waals surface area contributed by atoms with Gasteiger partial charge in [0.25, 0.3) is 5.56 Å². The number of hydrogen-bond donors (Lipinski definition) is 1. The maximum atomic E-state index is 12.0. The minimum Gasteiger partial charge on any atom is -0.383 e. The van der Waals surface area contributed by atoms with Crippen molar-refractivity contribution in [1.29, 1.82) is 0 Å². The van der Waals surface area contributed by atoms with E-state index in [1.165, 1.54) is 0 Å². The topological polar surface area (TPSA) is 74.0 Å². The van der Waals surface area contributed by atoms with Gasteiger partial charge in [-0.25, -0.2) is 4.98 Å². The smallest absolute Gasteiger partial charge is 0.293 e. The zero-order valence-corrected chi connectivity index (χ0v) is 11.0. The second-order valence-electron chi connectivity index (χ2n) is 3.98. The maximum Gasteiger partial charge on any atom is 0.293 e. The summed E-state index contributed by atoms with van der Waals surface area (Å²) in [6.07, 6.45) is 6.72. The number of anilines is 2. The second kappa shape index (κ2) is 6.14. The molecule has 0 aliphatic heterocycles. The molecule has 1 N–H and O–H groups in total. The lowest BCUT2D eigenvalue weighted by Crippen LogP contribution is -2.22. The Morgan fingerprint density at radius 3 is 3.05 bits per heavy atom. The Morgan fingerprint density at radius 2 is 2.32 bits per heavy atom. The van der Waals surface area contributed by atoms with Gasteiger partial charge in [-0.15, -0.1) is 0 Å². The second-order valence-corrected chi connectivity index (χ2v) is 3.98. The largest absolute Gasteiger partial charge is 0.383 e. The van der Waals surface area contributed by atoms with Gasteiger partial charge in [-0.2, -0.15) is 5.10 Å². The molecule has 7 nitrogen and oxygen atoms in total. The van der Waals surface area contributed by atoms with Gasteiger partial charge in [-0.05, 0) is 6.92 Å². The SMILES string of the molecule is CCn1ccnc(Nc2cnn(CCOC)c2)c1=O. The Balaban J connectivity index is 2.13. The third kappa shape index (κ3) is 3.19. The van der Waals surface area contributed by atoms with Crippen molar-refractivity contribution in [2.24, 2.45) is 0 Å². The van der Waals surface area contributed by atoms with Crippen molar-refractivity contribution >= 4 is 11.5 Å². The van der Waals surface area contributed by atoms with Crippen molar-refractivity contribution < 1.29 is 4.74 Å². The minimum absolute atomic E-state index is 0.144. The zero-order chi connectivity index (χ0) is 13.7. The summed E-state index contributed by atoms with van der Waals surface area (Å²) in [5, 5.41) is 7.13. The summed E-state index contributed by atoms with van der Waals surface area (Å²) in [7, 11) is 1.64.